The van der Waals surface area contributed by atoms with Crippen molar-refractivity contribution in [2.45, 2.75) is 46.5 Å². The second kappa shape index (κ2) is 10.9. The Morgan fingerprint density at radius 3 is 2.21 bits per heavy atom. The van der Waals surface area contributed by atoms with Gasteiger partial charge in [-0.05, 0) is 0 Å². The van der Waals surface area contributed by atoms with Crippen LogP contribution in [0.3, 0.4) is 0 Å². The van der Waals surface area contributed by atoms with Crippen LogP contribution >= 0.6 is 0 Å². The molecule has 19 heavy (non-hydrogen) atoms. The van der Waals surface area contributed by atoms with Crippen LogP contribution in [-0.4, -0.2) is 39.1 Å². The van der Waals surface area contributed by atoms with Crippen LogP contribution in [0.1, 0.15) is 46.5 Å². The van der Waals surface area contributed by atoms with Gasteiger partial charge in [0.05, 0.1) is 0 Å². The van der Waals surface area contributed by atoms with Gasteiger partial charge in [0.15, 0.2) is 0 Å². The van der Waals surface area contributed by atoms with Crippen molar-refractivity contribution < 1.29 is 4.74 Å². The van der Waals surface area contributed by atoms with Gasteiger partial charge in [-0.2, -0.15) is 0 Å². The third-order valence-electron chi connectivity index (χ3n) is 2.81. The van der Waals surface area contributed by atoms with E-state index in [0.717, 1.165) is 31.4 Å². The van der Waals surface area contributed by atoms with Crippen molar-refractivity contribution >= 4 is 13.5 Å². The molecule has 2 nitrogen and oxygen atoms in total. The summed E-state index contributed by atoms with van der Waals surface area (Å²) >= 11 is 0. The van der Waals surface area contributed by atoms with Gasteiger partial charge in [0, 0.05) is 0 Å². The van der Waals surface area contributed by atoms with Crippen molar-refractivity contribution in [2.75, 3.05) is 20.7 Å². The summed E-state index contributed by atoms with van der Waals surface area (Å²) in [5, 5.41) is 0. The molecule has 0 aromatic rings. The van der Waals surface area contributed by atoms with Gasteiger partial charge < -0.3 is 0 Å². The first kappa shape index (κ1) is 18.0. The van der Waals surface area contributed by atoms with E-state index in [1.165, 1.54) is 5.70 Å². The standard InChI is InChI=1S/C16H29BNO/c1-6-8-10-15(18(4)5)16(11-9-7-2)19-13-14(3)12-17/h10-12,14H,6-9,13H2,1-5H3/b15-10-,16-11+. The Hall–Kier alpha value is -0.985. The molecule has 0 aliphatic carbocycles. The molecule has 1 atom stereocenters. The van der Waals surface area contributed by atoms with Crippen molar-refractivity contribution in [2.24, 2.45) is 5.92 Å². The van der Waals surface area contributed by atoms with Gasteiger partial charge >= 0.3 is 120 Å². The third kappa shape index (κ3) is 7.91. The van der Waals surface area contributed by atoms with Gasteiger partial charge in [0.2, 0.25) is 0 Å². The monoisotopic (exact) mass is 262 g/mol. The van der Waals surface area contributed by atoms with Crippen molar-refractivity contribution in [3.05, 3.63) is 23.6 Å². The predicted molar refractivity (Wildman–Crippen MR) is 86.6 cm³/mol. The van der Waals surface area contributed by atoms with Crippen molar-refractivity contribution in [3.8, 4) is 0 Å². The van der Waals surface area contributed by atoms with E-state index in [-0.39, 0.29) is 5.92 Å². The van der Waals surface area contributed by atoms with Gasteiger partial charge in [0.25, 0.3) is 0 Å². The predicted octanol–water partition coefficient (Wildman–Crippen LogP) is 3.54. The molecule has 0 saturated heterocycles. The molecule has 1 radical (unpaired) electrons. The van der Waals surface area contributed by atoms with Gasteiger partial charge in [-0.3, -0.25) is 0 Å². The molecule has 0 aromatic heterocycles. The molecule has 0 bridgehead atoms. The van der Waals surface area contributed by atoms with Crippen LogP contribution in [0.25, 0.3) is 0 Å². The van der Waals surface area contributed by atoms with E-state index in [1.807, 2.05) is 0 Å². The van der Waals surface area contributed by atoms with E-state index in [2.05, 4.69) is 51.9 Å². The molecule has 0 aliphatic heterocycles. The van der Waals surface area contributed by atoms with E-state index >= 15 is 0 Å². The molecule has 107 valence electrons. The number of rotatable bonds is 10. The van der Waals surface area contributed by atoms with Crippen molar-refractivity contribution in [1.82, 2.24) is 4.90 Å². The molecule has 0 spiro atoms. The fourth-order valence-corrected chi connectivity index (χ4v) is 1.57. The van der Waals surface area contributed by atoms with Crippen LogP contribution < -0.4 is 0 Å². The summed E-state index contributed by atoms with van der Waals surface area (Å²) in [5.74, 6) is 2.93. The summed E-state index contributed by atoms with van der Waals surface area (Å²) in [5.41, 5.74) is 1.17. The molecule has 0 aromatic carbocycles. The van der Waals surface area contributed by atoms with Crippen LogP contribution in [0, 0.1) is 5.92 Å². The second-order valence-corrected chi connectivity index (χ2v) is 5.11. The topological polar surface area (TPSA) is 12.5 Å². The van der Waals surface area contributed by atoms with Crippen molar-refractivity contribution in [3.63, 3.8) is 0 Å². The summed E-state index contributed by atoms with van der Waals surface area (Å²) in [6.45, 7) is 7.05. The summed E-state index contributed by atoms with van der Waals surface area (Å²) in [7, 11) is 9.64. The van der Waals surface area contributed by atoms with Crippen LogP contribution in [0.15, 0.2) is 23.6 Å². The van der Waals surface area contributed by atoms with E-state index < -0.39 is 0 Å². The van der Waals surface area contributed by atoms with Crippen LogP contribution in [0.2, 0.25) is 0 Å². The number of allylic oxidation sites excluding steroid dienone is 2. The maximum absolute atomic E-state index is 5.96. The quantitative estimate of drug-likeness (QED) is 0.339. The Kier molecular flexibility index (Phi) is 10.3. The van der Waals surface area contributed by atoms with E-state index in [1.54, 1.807) is 5.97 Å². The normalized spacial score (nSPS) is 14.1. The number of hydrogen-bond acceptors (Lipinski definition) is 2. The minimum absolute atomic E-state index is 0.264. The maximum atomic E-state index is 5.96. The Morgan fingerprint density at radius 2 is 1.74 bits per heavy atom. The van der Waals surface area contributed by atoms with Gasteiger partial charge in [-0.1, -0.05) is 0 Å². The fraction of sp³-hybridized carbons (Fsp3) is 0.688. The van der Waals surface area contributed by atoms with Crippen LogP contribution in [0.4, 0.5) is 0 Å². The molecule has 0 N–H and O–H groups in total. The summed E-state index contributed by atoms with van der Waals surface area (Å²) in [6, 6.07) is 0. The second-order valence-electron chi connectivity index (χ2n) is 5.11. The zero-order valence-electron chi connectivity index (χ0n) is 13.3. The molecule has 3 heteroatoms. The average Bonchev–Trinajstić information content (AvgIpc) is 2.40. The Labute approximate surface area is 120 Å². The Morgan fingerprint density at radius 1 is 1.16 bits per heavy atom. The van der Waals surface area contributed by atoms with E-state index in [9.17, 15) is 0 Å². The summed E-state index contributed by atoms with van der Waals surface area (Å²) < 4.78 is 5.96. The number of hydrogen-bond donors (Lipinski definition) is 0. The molecular weight excluding hydrogens is 233 g/mol. The van der Waals surface area contributed by atoms with Gasteiger partial charge in [0.1, 0.15) is 0 Å². The fourth-order valence-electron chi connectivity index (χ4n) is 1.57. The first-order valence-electron chi connectivity index (χ1n) is 7.32. The first-order chi connectivity index (χ1) is 9.06. The molecule has 0 aliphatic rings. The van der Waals surface area contributed by atoms with Crippen LogP contribution in [-0.2, 0) is 4.74 Å². The Bertz CT molecular complexity index is 308. The first-order valence-corrected chi connectivity index (χ1v) is 7.32. The zero-order chi connectivity index (χ0) is 14.7. The third-order valence-corrected chi connectivity index (χ3v) is 2.81. The summed E-state index contributed by atoms with van der Waals surface area (Å²) in [4.78, 5) is 2.12. The number of nitrogens with zero attached hydrogens (tertiary/aromatic N) is 1. The van der Waals surface area contributed by atoms with Crippen molar-refractivity contribution in [1.29, 1.82) is 0 Å². The molecule has 1 unspecified atom stereocenters. The molecule has 0 amide bonds. The van der Waals surface area contributed by atoms with E-state index in [4.69, 9.17) is 12.2 Å². The molecule has 0 fully saturated rings. The molecule has 0 saturated carbocycles. The van der Waals surface area contributed by atoms with E-state index in [0.29, 0.717) is 6.61 Å². The molecule has 0 rings (SSSR count). The minimum atomic E-state index is 0.264. The zero-order valence-corrected chi connectivity index (χ0v) is 13.3. The number of ether oxygens (including phenoxy) is 1. The molecule has 0 heterocycles. The molecular formula is C16H29BNO. The summed E-state index contributed by atoms with van der Waals surface area (Å²) in [6.07, 6.45) is 8.81. The number of likely N-dealkylation sites (N-methyl/N-ethyl adjacent to an activating group) is 1. The SMILES string of the molecule is [B]=CC(C)COC(=C/CCC)/C(=C/CCC)N(C)C. The Balaban J connectivity index is 4.91. The van der Waals surface area contributed by atoms with Gasteiger partial charge in [-0.15, -0.1) is 0 Å². The van der Waals surface area contributed by atoms with Crippen LogP contribution in [0.5, 0.6) is 0 Å². The average molecular weight is 262 g/mol. The van der Waals surface area contributed by atoms with Gasteiger partial charge in [-0.25, -0.2) is 0 Å². The number of unbranched alkanes of at least 4 members (excludes halogenated alkanes) is 2.